The second kappa shape index (κ2) is 5.23. The Bertz CT molecular complexity index is 694. The van der Waals surface area contributed by atoms with E-state index in [-0.39, 0.29) is 23.3 Å². The van der Waals surface area contributed by atoms with Crippen LogP contribution in [0.25, 0.3) is 0 Å². The van der Waals surface area contributed by atoms with Gasteiger partial charge >= 0.3 is 6.03 Å². The molecule has 3 rings (SSSR count). The van der Waals surface area contributed by atoms with Gasteiger partial charge in [0.1, 0.15) is 0 Å². The SMILES string of the molecule is CN1C(=O)N[C@@H](c2cccc(Br)c2)C2=C1CC(C)(C)CC2=O. The number of carbonyl (C=O) groups excluding carboxylic acids is 2. The quantitative estimate of drug-likeness (QED) is 0.825. The minimum absolute atomic E-state index is 0.108. The minimum Gasteiger partial charge on any atom is -0.327 e. The molecule has 116 valence electrons. The molecule has 1 aromatic rings. The zero-order chi connectivity index (χ0) is 16.1. The number of ketones is 1. The summed E-state index contributed by atoms with van der Waals surface area (Å²) in [5, 5.41) is 2.95. The van der Waals surface area contributed by atoms with Gasteiger partial charge in [-0.15, -0.1) is 0 Å². The zero-order valence-corrected chi connectivity index (χ0v) is 14.5. The maximum absolute atomic E-state index is 12.7. The minimum atomic E-state index is -0.361. The van der Waals surface area contributed by atoms with Gasteiger partial charge in [-0.3, -0.25) is 4.79 Å². The second-order valence-electron chi connectivity index (χ2n) is 6.80. The molecule has 0 bridgehead atoms. The standard InChI is InChI=1S/C17H19BrN2O2/c1-17(2)8-12-14(13(21)9-17)15(19-16(22)20(12)3)10-5-4-6-11(18)7-10/h4-7,15H,8-9H2,1-3H3,(H,19,22)/t15-/m0/s1. The summed E-state index contributed by atoms with van der Waals surface area (Å²) in [6.45, 7) is 4.15. The predicted molar refractivity (Wildman–Crippen MR) is 88.2 cm³/mol. The van der Waals surface area contributed by atoms with Crippen molar-refractivity contribution in [3.8, 4) is 0 Å². The van der Waals surface area contributed by atoms with E-state index >= 15 is 0 Å². The van der Waals surface area contributed by atoms with Crippen molar-refractivity contribution >= 4 is 27.7 Å². The third-order valence-electron chi connectivity index (χ3n) is 4.34. The zero-order valence-electron chi connectivity index (χ0n) is 12.9. The maximum Gasteiger partial charge on any atom is 0.322 e. The highest BCUT2D eigenvalue weighted by molar-refractivity contribution is 9.10. The van der Waals surface area contributed by atoms with Crippen LogP contribution in [0.4, 0.5) is 4.79 Å². The van der Waals surface area contributed by atoms with Crippen molar-refractivity contribution in [2.45, 2.75) is 32.7 Å². The summed E-state index contributed by atoms with van der Waals surface area (Å²) in [5.74, 6) is 0.128. The van der Waals surface area contributed by atoms with Gasteiger partial charge in [0.15, 0.2) is 5.78 Å². The molecular weight excluding hydrogens is 344 g/mol. The lowest BCUT2D eigenvalue weighted by Crippen LogP contribution is -2.49. The van der Waals surface area contributed by atoms with E-state index in [1.807, 2.05) is 24.3 Å². The largest absolute Gasteiger partial charge is 0.327 e. The van der Waals surface area contributed by atoms with Crippen LogP contribution >= 0.6 is 15.9 Å². The van der Waals surface area contributed by atoms with Gasteiger partial charge < -0.3 is 10.2 Å². The Morgan fingerprint density at radius 2 is 2.00 bits per heavy atom. The number of halogens is 1. The van der Waals surface area contributed by atoms with Crippen LogP contribution in [0.2, 0.25) is 0 Å². The van der Waals surface area contributed by atoms with E-state index in [0.717, 1.165) is 27.7 Å². The van der Waals surface area contributed by atoms with Crippen LogP contribution in [0.1, 0.15) is 38.3 Å². The first-order valence-corrected chi connectivity index (χ1v) is 8.14. The average Bonchev–Trinajstić information content (AvgIpc) is 2.42. The Balaban J connectivity index is 2.13. The molecule has 5 heteroatoms. The lowest BCUT2D eigenvalue weighted by Gasteiger charge is -2.42. The van der Waals surface area contributed by atoms with Gasteiger partial charge in [-0.2, -0.15) is 0 Å². The third-order valence-corrected chi connectivity index (χ3v) is 4.84. The Kier molecular flexibility index (Phi) is 3.63. The van der Waals surface area contributed by atoms with Crippen LogP contribution < -0.4 is 5.32 Å². The fraction of sp³-hybridized carbons (Fsp3) is 0.412. The molecule has 1 heterocycles. The maximum atomic E-state index is 12.7. The van der Waals surface area contributed by atoms with Gasteiger partial charge in [-0.25, -0.2) is 4.79 Å². The Morgan fingerprint density at radius 1 is 1.27 bits per heavy atom. The lowest BCUT2D eigenvalue weighted by molar-refractivity contribution is -0.118. The Hall–Kier alpha value is -1.62. The number of rotatable bonds is 1. The fourth-order valence-electron chi connectivity index (χ4n) is 3.28. The molecule has 1 aromatic carbocycles. The van der Waals surface area contributed by atoms with Crippen LogP contribution in [-0.2, 0) is 4.79 Å². The number of amides is 2. The monoisotopic (exact) mass is 362 g/mol. The average molecular weight is 363 g/mol. The molecule has 0 saturated heterocycles. The van der Waals surface area contributed by atoms with E-state index in [2.05, 4.69) is 35.1 Å². The number of hydrogen-bond donors (Lipinski definition) is 1. The number of Topliss-reactive ketones (excluding diaryl/α,β-unsaturated/α-hetero) is 1. The first-order chi connectivity index (χ1) is 10.3. The Morgan fingerprint density at radius 3 is 2.68 bits per heavy atom. The Labute approximate surface area is 138 Å². The molecule has 0 saturated carbocycles. The van der Waals surface area contributed by atoms with Crippen molar-refractivity contribution in [3.05, 3.63) is 45.6 Å². The molecular formula is C17H19BrN2O2. The van der Waals surface area contributed by atoms with Crippen LogP contribution in [0.15, 0.2) is 40.0 Å². The molecule has 4 nitrogen and oxygen atoms in total. The molecule has 1 atom stereocenters. The molecule has 1 N–H and O–H groups in total. The first-order valence-electron chi connectivity index (χ1n) is 7.34. The third kappa shape index (κ3) is 2.58. The van der Waals surface area contributed by atoms with Crippen LogP contribution in [0.3, 0.4) is 0 Å². The van der Waals surface area contributed by atoms with Gasteiger partial charge in [0.2, 0.25) is 0 Å². The number of carbonyl (C=O) groups is 2. The predicted octanol–water partition coefficient (Wildman–Crippen LogP) is 3.79. The topological polar surface area (TPSA) is 49.4 Å². The van der Waals surface area contributed by atoms with E-state index < -0.39 is 0 Å². The number of hydrogen-bond acceptors (Lipinski definition) is 2. The molecule has 0 unspecified atom stereocenters. The van der Waals surface area contributed by atoms with Crippen molar-refractivity contribution in [3.63, 3.8) is 0 Å². The molecule has 1 aliphatic heterocycles. The summed E-state index contributed by atoms with van der Waals surface area (Å²) in [7, 11) is 1.73. The van der Waals surface area contributed by atoms with Crippen LogP contribution in [-0.4, -0.2) is 23.8 Å². The molecule has 0 spiro atoms. The van der Waals surface area contributed by atoms with Gasteiger partial charge in [0.25, 0.3) is 0 Å². The fourth-order valence-corrected chi connectivity index (χ4v) is 3.70. The van der Waals surface area contributed by atoms with Gasteiger partial charge in [0.05, 0.1) is 6.04 Å². The summed E-state index contributed by atoms with van der Waals surface area (Å²) in [6, 6.07) is 7.23. The molecule has 2 aliphatic rings. The van der Waals surface area contributed by atoms with Crippen LogP contribution in [0.5, 0.6) is 0 Å². The van der Waals surface area contributed by atoms with Gasteiger partial charge in [0, 0.05) is 29.2 Å². The molecule has 0 radical (unpaired) electrons. The molecule has 0 aromatic heterocycles. The number of nitrogens with zero attached hydrogens (tertiary/aromatic N) is 1. The van der Waals surface area contributed by atoms with Crippen molar-refractivity contribution in [2.75, 3.05) is 7.05 Å². The number of allylic oxidation sites excluding steroid dienone is 1. The van der Waals surface area contributed by atoms with Crippen molar-refractivity contribution in [2.24, 2.45) is 5.41 Å². The van der Waals surface area contributed by atoms with Crippen molar-refractivity contribution in [1.82, 2.24) is 10.2 Å². The molecule has 2 amide bonds. The van der Waals surface area contributed by atoms with Crippen molar-refractivity contribution in [1.29, 1.82) is 0 Å². The van der Waals surface area contributed by atoms with E-state index in [1.165, 1.54) is 0 Å². The summed E-state index contributed by atoms with van der Waals surface area (Å²) >= 11 is 3.45. The first kappa shape index (κ1) is 15.3. The second-order valence-corrected chi connectivity index (χ2v) is 7.71. The highest BCUT2D eigenvalue weighted by atomic mass is 79.9. The van der Waals surface area contributed by atoms with Crippen LogP contribution in [0, 0.1) is 5.41 Å². The molecule has 0 fully saturated rings. The van der Waals surface area contributed by atoms with Gasteiger partial charge in [-0.1, -0.05) is 41.9 Å². The normalized spacial score (nSPS) is 24.2. The summed E-state index contributed by atoms with van der Waals surface area (Å²) < 4.78 is 0.934. The smallest absolute Gasteiger partial charge is 0.322 e. The number of nitrogens with one attached hydrogen (secondary N) is 1. The summed E-state index contributed by atoms with van der Waals surface area (Å²) in [6.07, 6.45) is 1.25. The van der Waals surface area contributed by atoms with E-state index in [1.54, 1.807) is 11.9 Å². The summed E-state index contributed by atoms with van der Waals surface area (Å²) in [4.78, 5) is 26.6. The van der Waals surface area contributed by atoms with E-state index in [0.29, 0.717) is 6.42 Å². The molecule has 1 aliphatic carbocycles. The number of benzene rings is 1. The van der Waals surface area contributed by atoms with Gasteiger partial charge in [-0.05, 0) is 29.5 Å². The summed E-state index contributed by atoms with van der Waals surface area (Å²) in [5.41, 5.74) is 2.41. The van der Waals surface area contributed by atoms with Crippen molar-refractivity contribution < 1.29 is 9.59 Å². The van der Waals surface area contributed by atoms with E-state index in [9.17, 15) is 9.59 Å². The highest BCUT2D eigenvalue weighted by Crippen LogP contribution is 2.43. The number of urea groups is 1. The molecule has 22 heavy (non-hydrogen) atoms. The lowest BCUT2D eigenvalue weighted by atomic mass is 9.72. The van der Waals surface area contributed by atoms with E-state index in [4.69, 9.17) is 0 Å². The highest BCUT2D eigenvalue weighted by Gasteiger charge is 2.42.